The number of rotatable bonds is 1. The normalized spacial score (nSPS) is 10.9. The van der Waals surface area contributed by atoms with Gasteiger partial charge < -0.3 is 5.73 Å². The van der Waals surface area contributed by atoms with Gasteiger partial charge in [0.15, 0.2) is 0 Å². The molecule has 0 amide bonds. The number of benzene rings is 1. The van der Waals surface area contributed by atoms with Crippen molar-refractivity contribution in [1.82, 2.24) is 0 Å². The van der Waals surface area contributed by atoms with Crippen molar-refractivity contribution in [3.63, 3.8) is 0 Å². The molecule has 0 aliphatic carbocycles. The largest absolute Gasteiger partial charge is 0.398 e. The van der Waals surface area contributed by atoms with Gasteiger partial charge in [0.2, 0.25) is 0 Å². The quantitative estimate of drug-likeness (QED) is 0.620. The van der Waals surface area contributed by atoms with Gasteiger partial charge in [0, 0.05) is 26.3 Å². The number of halogens is 2. The standard InChI is InChI=1S/C9H7Br2NS/c10-3-5-1-2-7(12)9-8(5)6(11)4-13-9/h1-2,4H,3,12H2. The van der Waals surface area contributed by atoms with Gasteiger partial charge in [-0.1, -0.05) is 22.0 Å². The van der Waals surface area contributed by atoms with Crippen molar-refractivity contribution in [1.29, 1.82) is 0 Å². The van der Waals surface area contributed by atoms with E-state index in [9.17, 15) is 0 Å². The first kappa shape index (κ1) is 9.49. The number of nitrogens with two attached hydrogens (primary N) is 1. The summed E-state index contributed by atoms with van der Waals surface area (Å²) in [5.41, 5.74) is 8.00. The van der Waals surface area contributed by atoms with E-state index in [1.165, 1.54) is 15.6 Å². The highest BCUT2D eigenvalue weighted by atomic mass is 79.9. The Morgan fingerprint density at radius 3 is 2.85 bits per heavy atom. The molecule has 0 aliphatic rings. The zero-order valence-electron chi connectivity index (χ0n) is 6.68. The summed E-state index contributed by atoms with van der Waals surface area (Å²) in [5, 5.41) is 4.17. The monoisotopic (exact) mass is 319 g/mol. The molecule has 2 N–H and O–H groups in total. The van der Waals surface area contributed by atoms with Crippen molar-refractivity contribution >= 4 is 59.0 Å². The summed E-state index contributed by atoms with van der Waals surface area (Å²) in [6.07, 6.45) is 0. The summed E-state index contributed by atoms with van der Waals surface area (Å²) in [4.78, 5) is 0. The van der Waals surface area contributed by atoms with E-state index < -0.39 is 0 Å². The molecule has 0 aliphatic heterocycles. The molecule has 0 spiro atoms. The zero-order chi connectivity index (χ0) is 9.42. The number of hydrogen-bond donors (Lipinski definition) is 1. The predicted octanol–water partition coefficient (Wildman–Crippen LogP) is 4.14. The van der Waals surface area contributed by atoms with Crippen molar-refractivity contribution in [2.24, 2.45) is 0 Å². The van der Waals surface area contributed by atoms with Crippen LogP contribution in [0.2, 0.25) is 0 Å². The Kier molecular flexibility index (Phi) is 2.62. The van der Waals surface area contributed by atoms with Crippen LogP contribution in [0.15, 0.2) is 22.0 Å². The minimum absolute atomic E-state index is 0.857. The molecule has 0 saturated heterocycles. The van der Waals surface area contributed by atoms with Crippen LogP contribution in [0, 0.1) is 0 Å². The maximum absolute atomic E-state index is 5.87. The maximum atomic E-state index is 5.87. The van der Waals surface area contributed by atoms with Crippen molar-refractivity contribution in [2.75, 3.05) is 5.73 Å². The van der Waals surface area contributed by atoms with E-state index in [1.54, 1.807) is 11.3 Å². The molecule has 1 heterocycles. The topological polar surface area (TPSA) is 26.0 Å². The lowest BCUT2D eigenvalue weighted by molar-refractivity contribution is 1.50. The second kappa shape index (κ2) is 3.59. The van der Waals surface area contributed by atoms with Gasteiger partial charge >= 0.3 is 0 Å². The smallest absolute Gasteiger partial charge is 0.0587 e. The first-order valence-electron chi connectivity index (χ1n) is 3.74. The van der Waals surface area contributed by atoms with Gasteiger partial charge in [0.05, 0.1) is 4.70 Å². The van der Waals surface area contributed by atoms with Crippen LogP contribution in [0.1, 0.15) is 5.56 Å². The Balaban J connectivity index is 2.88. The number of fused-ring (bicyclic) bond motifs is 1. The van der Waals surface area contributed by atoms with E-state index in [2.05, 4.69) is 43.3 Å². The van der Waals surface area contributed by atoms with Gasteiger partial charge in [0.25, 0.3) is 0 Å². The van der Waals surface area contributed by atoms with Gasteiger partial charge in [-0.15, -0.1) is 11.3 Å². The fourth-order valence-corrected chi connectivity index (χ4v) is 3.54. The van der Waals surface area contributed by atoms with Gasteiger partial charge in [-0.25, -0.2) is 0 Å². The molecule has 2 rings (SSSR count). The van der Waals surface area contributed by atoms with Crippen LogP contribution in [0.25, 0.3) is 10.1 Å². The van der Waals surface area contributed by atoms with Crippen molar-refractivity contribution in [3.8, 4) is 0 Å². The van der Waals surface area contributed by atoms with E-state index in [0.717, 1.165) is 15.5 Å². The zero-order valence-corrected chi connectivity index (χ0v) is 10.7. The summed E-state index contributed by atoms with van der Waals surface area (Å²) in [6, 6.07) is 4.02. The molecule has 1 nitrogen and oxygen atoms in total. The Morgan fingerprint density at radius 2 is 2.15 bits per heavy atom. The molecule has 1 aromatic heterocycles. The van der Waals surface area contributed by atoms with Gasteiger partial charge in [-0.05, 0) is 27.6 Å². The van der Waals surface area contributed by atoms with E-state index in [4.69, 9.17) is 5.73 Å². The molecule has 13 heavy (non-hydrogen) atoms. The second-order valence-electron chi connectivity index (χ2n) is 2.74. The Morgan fingerprint density at radius 1 is 1.38 bits per heavy atom. The highest BCUT2D eigenvalue weighted by Gasteiger charge is 2.08. The number of anilines is 1. The third kappa shape index (κ3) is 1.51. The molecule has 2 aromatic rings. The van der Waals surface area contributed by atoms with Crippen LogP contribution in [-0.4, -0.2) is 0 Å². The molecule has 0 bridgehead atoms. The lowest BCUT2D eigenvalue weighted by atomic mass is 10.1. The lowest BCUT2D eigenvalue weighted by Gasteiger charge is -2.01. The molecule has 4 heteroatoms. The maximum Gasteiger partial charge on any atom is 0.0587 e. The summed E-state index contributed by atoms with van der Waals surface area (Å²) in [5.74, 6) is 0. The van der Waals surface area contributed by atoms with Crippen molar-refractivity contribution in [2.45, 2.75) is 5.33 Å². The second-order valence-corrected chi connectivity index (χ2v) is 5.03. The first-order chi connectivity index (χ1) is 6.24. The summed E-state index contributed by atoms with van der Waals surface area (Å²) in [6.45, 7) is 0. The minimum atomic E-state index is 0.857. The molecule has 0 atom stereocenters. The fraction of sp³-hybridized carbons (Fsp3) is 0.111. The summed E-state index contributed by atoms with van der Waals surface area (Å²) in [7, 11) is 0. The third-order valence-corrected chi connectivity index (χ3v) is 4.50. The average molecular weight is 321 g/mol. The van der Waals surface area contributed by atoms with E-state index in [1.807, 2.05) is 6.07 Å². The number of hydrogen-bond acceptors (Lipinski definition) is 2. The molecular formula is C9H7Br2NS. The Labute approximate surface area is 97.2 Å². The Bertz CT molecular complexity index is 450. The highest BCUT2D eigenvalue weighted by molar-refractivity contribution is 9.10. The van der Waals surface area contributed by atoms with Crippen LogP contribution in [0.4, 0.5) is 5.69 Å². The van der Waals surface area contributed by atoms with Gasteiger partial charge in [-0.2, -0.15) is 0 Å². The third-order valence-electron chi connectivity index (χ3n) is 1.94. The molecule has 0 fully saturated rings. The van der Waals surface area contributed by atoms with Gasteiger partial charge in [-0.3, -0.25) is 0 Å². The number of alkyl halides is 1. The number of nitrogen functional groups attached to an aromatic ring is 1. The molecule has 0 radical (unpaired) electrons. The van der Waals surface area contributed by atoms with Crippen LogP contribution in [-0.2, 0) is 5.33 Å². The molecule has 1 aromatic carbocycles. The van der Waals surface area contributed by atoms with Crippen molar-refractivity contribution in [3.05, 3.63) is 27.5 Å². The van der Waals surface area contributed by atoms with E-state index >= 15 is 0 Å². The molecular weight excluding hydrogens is 314 g/mol. The fourth-order valence-electron chi connectivity index (χ4n) is 1.31. The SMILES string of the molecule is Nc1ccc(CBr)c2c(Br)csc12. The first-order valence-corrected chi connectivity index (χ1v) is 6.53. The Hall–Kier alpha value is -0.0600. The number of thiophene rings is 1. The predicted molar refractivity (Wildman–Crippen MR) is 66.6 cm³/mol. The van der Waals surface area contributed by atoms with Crippen molar-refractivity contribution < 1.29 is 0 Å². The lowest BCUT2D eigenvalue weighted by Crippen LogP contribution is -1.86. The van der Waals surface area contributed by atoms with Crippen LogP contribution < -0.4 is 5.73 Å². The summed E-state index contributed by atoms with van der Waals surface area (Å²) < 4.78 is 2.30. The molecule has 0 unspecified atom stereocenters. The van der Waals surface area contributed by atoms with E-state index in [0.29, 0.717) is 0 Å². The molecule has 68 valence electrons. The summed E-state index contributed by atoms with van der Waals surface area (Å²) >= 11 is 8.67. The minimum Gasteiger partial charge on any atom is -0.398 e. The van der Waals surface area contributed by atoms with Crippen LogP contribution in [0.3, 0.4) is 0 Å². The molecule has 0 saturated carbocycles. The average Bonchev–Trinajstić information content (AvgIpc) is 2.51. The van der Waals surface area contributed by atoms with E-state index in [-0.39, 0.29) is 0 Å². The van der Waals surface area contributed by atoms with Crippen LogP contribution in [0.5, 0.6) is 0 Å². The highest BCUT2D eigenvalue weighted by Crippen LogP contribution is 2.37. The van der Waals surface area contributed by atoms with Gasteiger partial charge in [0.1, 0.15) is 0 Å². The van der Waals surface area contributed by atoms with Crippen LogP contribution >= 0.6 is 43.2 Å².